The van der Waals surface area contributed by atoms with Gasteiger partial charge in [-0.05, 0) is 30.3 Å². The highest BCUT2D eigenvalue weighted by Gasteiger charge is 2.22. The number of nitrogens with zero attached hydrogens (tertiary/aromatic N) is 2. The molecule has 0 bridgehead atoms. The van der Waals surface area contributed by atoms with Gasteiger partial charge in [0, 0.05) is 0 Å². The van der Waals surface area contributed by atoms with E-state index in [0.29, 0.717) is 0 Å². The fourth-order valence-electron chi connectivity index (χ4n) is 2.74. The number of carbonyl (C=O) groups excluding carboxylic acids is 3. The molecule has 1 aromatic heterocycles. The fraction of sp³-hybridized carbons (Fsp3) is 0.143. The smallest absolute Gasteiger partial charge is 0.339 e. The van der Waals surface area contributed by atoms with Crippen LogP contribution < -0.4 is 10.1 Å². The summed E-state index contributed by atoms with van der Waals surface area (Å²) in [5, 5.41) is 6.89. The first kappa shape index (κ1) is 20.6. The lowest BCUT2D eigenvalue weighted by Gasteiger charge is -2.11. The zero-order valence-electron chi connectivity index (χ0n) is 16.5. The molecule has 154 valence electrons. The number of ether oxygens (including phenoxy) is 3. The molecule has 0 fully saturated rings. The minimum atomic E-state index is -0.677. The van der Waals surface area contributed by atoms with Gasteiger partial charge in [-0.1, -0.05) is 18.2 Å². The van der Waals surface area contributed by atoms with Crippen molar-refractivity contribution in [3.63, 3.8) is 0 Å². The first-order valence-corrected chi connectivity index (χ1v) is 8.79. The van der Waals surface area contributed by atoms with Crippen molar-refractivity contribution < 1.29 is 28.6 Å². The third-order valence-corrected chi connectivity index (χ3v) is 4.23. The van der Waals surface area contributed by atoms with Crippen LogP contribution in [0, 0.1) is 0 Å². The van der Waals surface area contributed by atoms with Gasteiger partial charge in [0.2, 0.25) is 0 Å². The summed E-state index contributed by atoms with van der Waals surface area (Å²) >= 11 is 0. The molecule has 0 radical (unpaired) electrons. The Hall–Kier alpha value is -4.14. The predicted molar refractivity (Wildman–Crippen MR) is 107 cm³/mol. The van der Waals surface area contributed by atoms with Gasteiger partial charge in [-0.15, -0.1) is 0 Å². The number of anilines is 1. The SMILES string of the molecule is COC(=O)c1ccc(C(=O)OC)c(NC(=O)c2nn(-c3ccccc3)cc2OC)c1. The first-order valence-electron chi connectivity index (χ1n) is 8.79. The van der Waals surface area contributed by atoms with Crippen molar-refractivity contribution >= 4 is 23.5 Å². The predicted octanol–water partition coefficient (Wildman–Crippen LogP) is 2.71. The molecule has 0 saturated heterocycles. The van der Waals surface area contributed by atoms with Crippen molar-refractivity contribution in [3.8, 4) is 11.4 Å². The number of aromatic nitrogens is 2. The zero-order chi connectivity index (χ0) is 21.7. The van der Waals surface area contributed by atoms with Gasteiger partial charge >= 0.3 is 11.9 Å². The van der Waals surface area contributed by atoms with Gasteiger partial charge in [-0.3, -0.25) is 4.79 Å². The van der Waals surface area contributed by atoms with E-state index in [1.807, 2.05) is 30.3 Å². The van der Waals surface area contributed by atoms with Crippen LogP contribution in [0.3, 0.4) is 0 Å². The number of hydrogen-bond acceptors (Lipinski definition) is 7. The summed E-state index contributed by atoms with van der Waals surface area (Å²) in [4.78, 5) is 36.8. The van der Waals surface area contributed by atoms with Gasteiger partial charge in [0.1, 0.15) is 0 Å². The Morgan fingerprint density at radius 3 is 2.27 bits per heavy atom. The van der Waals surface area contributed by atoms with Crippen LogP contribution in [-0.2, 0) is 9.47 Å². The minimum Gasteiger partial charge on any atom is -0.493 e. The van der Waals surface area contributed by atoms with E-state index in [2.05, 4.69) is 10.4 Å². The molecule has 1 heterocycles. The third kappa shape index (κ3) is 4.14. The molecule has 2 aromatic carbocycles. The average Bonchev–Trinajstić information content (AvgIpc) is 3.23. The summed E-state index contributed by atoms with van der Waals surface area (Å²) in [7, 11) is 3.86. The van der Waals surface area contributed by atoms with E-state index in [-0.39, 0.29) is 28.3 Å². The molecule has 9 nitrogen and oxygen atoms in total. The Labute approximate surface area is 172 Å². The van der Waals surface area contributed by atoms with Crippen molar-refractivity contribution in [2.24, 2.45) is 0 Å². The quantitative estimate of drug-likeness (QED) is 0.624. The Morgan fingerprint density at radius 2 is 1.63 bits per heavy atom. The first-order chi connectivity index (χ1) is 14.5. The maximum atomic E-state index is 12.9. The van der Waals surface area contributed by atoms with Gasteiger partial charge < -0.3 is 19.5 Å². The molecule has 1 N–H and O–H groups in total. The molecule has 0 atom stereocenters. The van der Waals surface area contributed by atoms with E-state index in [1.54, 1.807) is 6.20 Å². The van der Waals surface area contributed by atoms with Crippen LogP contribution in [0.25, 0.3) is 5.69 Å². The van der Waals surface area contributed by atoms with Crippen molar-refractivity contribution in [3.05, 3.63) is 71.5 Å². The summed E-state index contributed by atoms with van der Waals surface area (Å²) in [6.07, 6.45) is 1.57. The molecule has 3 rings (SSSR count). The van der Waals surface area contributed by atoms with Crippen molar-refractivity contribution in [1.82, 2.24) is 9.78 Å². The third-order valence-electron chi connectivity index (χ3n) is 4.23. The van der Waals surface area contributed by atoms with Gasteiger partial charge in [-0.25, -0.2) is 14.3 Å². The van der Waals surface area contributed by atoms with E-state index < -0.39 is 17.8 Å². The lowest BCUT2D eigenvalue weighted by molar-refractivity contribution is 0.0587. The Bertz CT molecular complexity index is 1090. The molecule has 0 aliphatic rings. The molecule has 30 heavy (non-hydrogen) atoms. The van der Waals surface area contributed by atoms with Crippen LogP contribution in [-0.4, -0.2) is 49.0 Å². The van der Waals surface area contributed by atoms with Crippen LogP contribution in [0.4, 0.5) is 5.69 Å². The van der Waals surface area contributed by atoms with Gasteiger partial charge in [0.05, 0.1) is 50.0 Å². The van der Waals surface area contributed by atoms with Crippen LogP contribution in [0.2, 0.25) is 0 Å². The van der Waals surface area contributed by atoms with Crippen molar-refractivity contribution in [2.75, 3.05) is 26.6 Å². The van der Waals surface area contributed by atoms with Gasteiger partial charge in [0.15, 0.2) is 11.4 Å². The Balaban J connectivity index is 1.98. The number of nitrogens with one attached hydrogen (secondary N) is 1. The van der Waals surface area contributed by atoms with Crippen LogP contribution in [0.1, 0.15) is 31.2 Å². The molecule has 9 heteroatoms. The fourth-order valence-corrected chi connectivity index (χ4v) is 2.74. The molecule has 0 saturated carbocycles. The molecule has 0 spiro atoms. The number of methoxy groups -OCH3 is 3. The molecule has 0 unspecified atom stereocenters. The largest absolute Gasteiger partial charge is 0.493 e. The second-order valence-electron chi connectivity index (χ2n) is 6.02. The van der Waals surface area contributed by atoms with Crippen molar-refractivity contribution in [1.29, 1.82) is 0 Å². The number of benzene rings is 2. The Kier molecular flexibility index (Phi) is 6.11. The van der Waals surface area contributed by atoms with Crippen molar-refractivity contribution in [2.45, 2.75) is 0 Å². The second-order valence-corrected chi connectivity index (χ2v) is 6.02. The number of hydrogen-bond donors (Lipinski definition) is 1. The standard InChI is InChI=1S/C21H19N3O6/c1-28-17-12-24(14-7-5-4-6-8-14)23-18(17)19(25)22-16-11-13(20(26)29-2)9-10-15(16)21(27)30-3/h4-12H,1-3H3,(H,22,25). The highest BCUT2D eigenvalue weighted by atomic mass is 16.5. The van der Waals surface area contributed by atoms with E-state index >= 15 is 0 Å². The number of rotatable bonds is 6. The van der Waals surface area contributed by atoms with E-state index in [0.717, 1.165) is 5.69 Å². The molecule has 0 aliphatic heterocycles. The monoisotopic (exact) mass is 409 g/mol. The maximum absolute atomic E-state index is 12.9. The summed E-state index contributed by atoms with van der Waals surface area (Å²) in [6.45, 7) is 0. The number of carbonyl (C=O) groups is 3. The average molecular weight is 409 g/mol. The Morgan fingerprint density at radius 1 is 0.933 bits per heavy atom. The zero-order valence-corrected chi connectivity index (χ0v) is 16.5. The number of amides is 1. The lowest BCUT2D eigenvalue weighted by Crippen LogP contribution is -2.18. The topological polar surface area (TPSA) is 109 Å². The highest BCUT2D eigenvalue weighted by molar-refractivity contribution is 6.09. The normalized spacial score (nSPS) is 10.2. The van der Waals surface area contributed by atoms with E-state index in [9.17, 15) is 14.4 Å². The van der Waals surface area contributed by atoms with Gasteiger partial charge in [-0.2, -0.15) is 5.10 Å². The molecule has 3 aromatic rings. The molecule has 0 aliphatic carbocycles. The van der Waals surface area contributed by atoms with Crippen LogP contribution in [0.5, 0.6) is 5.75 Å². The minimum absolute atomic E-state index is 0.000593. The summed E-state index contributed by atoms with van der Waals surface area (Å²) < 4.78 is 16.2. The number of para-hydroxylation sites is 1. The highest BCUT2D eigenvalue weighted by Crippen LogP contribution is 2.24. The van der Waals surface area contributed by atoms with Crippen LogP contribution >= 0.6 is 0 Å². The lowest BCUT2D eigenvalue weighted by atomic mass is 10.1. The van der Waals surface area contributed by atoms with E-state index in [4.69, 9.17) is 14.2 Å². The summed E-state index contributed by atoms with van der Waals surface area (Å²) in [5.41, 5.74) is 1.03. The summed E-state index contributed by atoms with van der Waals surface area (Å²) in [5.74, 6) is -1.69. The van der Waals surface area contributed by atoms with E-state index in [1.165, 1.54) is 44.2 Å². The van der Waals surface area contributed by atoms with Gasteiger partial charge in [0.25, 0.3) is 5.91 Å². The molecular formula is C21H19N3O6. The number of esters is 2. The molecular weight excluding hydrogens is 390 g/mol. The van der Waals surface area contributed by atoms with Crippen LogP contribution in [0.15, 0.2) is 54.7 Å². The maximum Gasteiger partial charge on any atom is 0.339 e. The second kappa shape index (κ2) is 8.91. The summed E-state index contributed by atoms with van der Waals surface area (Å²) in [6, 6.07) is 13.3. The molecule has 1 amide bonds.